The van der Waals surface area contributed by atoms with Gasteiger partial charge in [-0.15, -0.1) is 10.2 Å². The van der Waals surface area contributed by atoms with E-state index < -0.39 is 17.9 Å². The molecule has 0 radical (unpaired) electrons. The number of rotatable bonds is 5. The number of carbonyl (C=O) groups excluding carboxylic acids is 1. The van der Waals surface area contributed by atoms with Gasteiger partial charge < -0.3 is 10.4 Å². The molecule has 0 saturated carbocycles. The molecule has 1 unspecified atom stereocenters. The zero-order valence-electron chi connectivity index (χ0n) is 8.97. The van der Waals surface area contributed by atoms with Crippen molar-refractivity contribution >= 4 is 11.9 Å². The summed E-state index contributed by atoms with van der Waals surface area (Å²) >= 11 is 0. The smallest absolute Gasteiger partial charge is 0.305 e. The third kappa shape index (κ3) is 3.30. The molecule has 8 nitrogen and oxygen atoms in total. The van der Waals surface area contributed by atoms with Gasteiger partial charge >= 0.3 is 5.97 Å². The number of tetrazole rings is 1. The summed E-state index contributed by atoms with van der Waals surface area (Å²) in [6.07, 6.45) is -0.138. The first-order chi connectivity index (χ1) is 7.50. The minimum atomic E-state index is -0.966. The fourth-order valence-electron chi connectivity index (χ4n) is 1.13. The van der Waals surface area contributed by atoms with Gasteiger partial charge in [-0.05, 0) is 11.1 Å². The van der Waals surface area contributed by atoms with E-state index in [9.17, 15) is 9.59 Å². The highest BCUT2D eigenvalue weighted by atomic mass is 16.4. The number of amides is 1. The van der Waals surface area contributed by atoms with Gasteiger partial charge in [0, 0.05) is 6.04 Å². The average Bonchev–Trinajstić information content (AvgIpc) is 2.68. The van der Waals surface area contributed by atoms with Crippen molar-refractivity contribution in [3.63, 3.8) is 0 Å². The molecule has 88 valence electrons. The lowest BCUT2D eigenvalue weighted by Gasteiger charge is -2.19. The number of aliphatic carboxylic acids is 1. The van der Waals surface area contributed by atoms with Crippen molar-refractivity contribution in [2.24, 2.45) is 5.92 Å². The van der Waals surface area contributed by atoms with Crippen LogP contribution in [0.2, 0.25) is 0 Å². The molecule has 1 rings (SSSR count). The van der Waals surface area contributed by atoms with E-state index in [-0.39, 0.29) is 18.2 Å². The monoisotopic (exact) mass is 227 g/mol. The number of hydrogen-bond acceptors (Lipinski definition) is 5. The molecule has 0 aromatic carbocycles. The third-order valence-corrected chi connectivity index (χ3v) is 2.06. The summed E-state index contributed by atoms with van der Waals surface area (Å²) in [6.45, 7) is 3.65. The number of nitrogens with zero attached hydrogens (tertiary/aromatic N) is 3. The van der Waals surface area contributed by atoms with Crippen LogP contribution in [0.1, 0.15) is 30.9 Å². The highest BCUT2D eigenvalue weighted by Gasteiger charge is 2.21. The Hall–Kier alpha value is -1.99. The number of aromatic nitrogens is 4. The molecule has 1 heterocycles. The minimum Gasteiger partial charge on any atom is -0.481 e. The number of carboxylic acids is 1. The molecule has 0 spiro atoms. The number of H-pyrrole nitrogens is 1. The van der Waals surface area contributed by atoms with Crippen LogP contribution >= 0.6 is 0 Å². The van der Waals surface area contributed by atoms with Crippen LogP contribution in [-0.2, 0) is 4.79 Å². The number of carbonyl (C=O) groups is 2. The van der Waals surface area contributed by atoms with Crippen LogP contribution in [0.25, 0.3) is 0 Å². The van der Waals surface area contributed by atoms with Crippen molar-refractivity contribution < 1.29 is 14.7 Å². The fourth-order valence-corrected chi connectivity index (χ4v) is 1.13. The molecular weight excluding hydrogens is 214 g/mol. The van der Waals surface area contributed by atoms with Gasteiger partial charge in [-0.3, -0.25) is 9.59 Å². The van der Waals surface area contributed by atoms with Gasteiger partial charge in [-0.2, -0.15) is 5.21 Å². The molecule has 0 aliphatic carbocycles. The molecule has 8 heteroatoms. The molecule has 0 aliphatic heterocycles. The predicted molar refractivity (Wildman–Crippen MR) is 52.5 cm³/mol. The lowest BCUT2D eigenvalue weighted by Crippen LogP contribution is -2.40. The molecule has 16 heavy (non-hydrogen) atoms. The van der Waals surface area contributed by atoms with Gasteiger partial charge in [0.25, 0.3) is 11.7 Å². The summed E-state index contributed by atoms with van der Waals surface area (Å²) in [4.78, 5) is 22.1. The molecule has 0 fully saturated rings. The second-order valence-corrected chi connectivity index (χ2v) is 3.66. The Balaban J connectivity index is 2.61. The average molecular weight is 227 g/mol. The summed E-state index contributed by atoms with van der Waals surface area (Å²) < 4.78 is 0. The van der Waals surface area contributed by atoms with Crippen LogP contribution in [0.4, 0.5) is 0 Å². The Bertz CT molecular complexity index is 362. The van der Waals surface area contributed by atoms with Crippen LogP contribution in [0.5, 0.6) is 0 Å². The number of carboxylic acid groups (broad SMARTS) is 1. The highest BCUT2D eigenvalue weighted by molar-refractivity contribution is 5.90. The number of aromatic amines is 1. The Morgan fingerprint density at radius 2 is 2.19 bits per heavy atom. The Kier molecular flexibility index (Phi) is 3.92. The lowest BCUT2D eigenvalue weighted by molar-refractivity contribution is -0.137. The maximum atomic E-state index is 11.5. The third-order valence-electron chi connectivity index (χ3n) is 2.06. The zero-order valence-corrected chi connectivity index (χ0v) is 8.97. The minimum absolute atomic E-state index is 0.00644. The second-order valence-electron chi connectivity index (χ2n) is 3.66. The first-order valence-electron chi connectivity index (χ1n) is 4.76. The van der Waals surface area contributed by atoms with Gasteiger partial charge in [0.1, 0.15) is 0 Å². The molecule has 3 N–H and O–H groups in total. The van der Waals surface area contributed by atoms with Crippen molar-refractivity contribution in [1.29, 1.82) is 0 Å². The Morgan fingerprint density at radius 1 is 1.50 bits per heavy atom. The van der Waals surface area contributed by atoms with Crippen molar-refractivity contribution in [1.82, 2.24) is 25.9 Å². The lowest BCUT2D eigenvalue weighted by atomic mass is 10.0. The van der Waals surface area contributed by atoms with Crippen LogP contribution in [0.15, 0.2) is 0 Å². The topological polar surface area (TPSA) is 121 Å². The van der Waals surface area contributed by atoms with Crippen molar-refractivity contribution in [2.75, 3.05) is 0 Å². The summed E-state index contributed by atoms with van der Waals surface area (Å²) in [5, 5.41) is 23.6. The van der Waals surface area contributed by atoms with E-state index in [4.69, 9.17) is 5.11 Å². The molecule has 1 aromatic rings. The van der Waals surface area contributed by atoms with Gasteiger partial charge in [-0.25, -0.2) is 0 Å². The van der Waals surface area contributed by atoms with Crippen LogP contribution in [-0.4, -0.2) is 43.6 Å². The first kappa shape index (κ1) is 12.1. The number of nitrogens with one attached hydrogen (secondary N) is 2. The molecule has 1 atom stereocenters. The highest BCUT2D eigenvalue weighted by Crippen LogP contribution is 2.06. The standard InChI is InChI=1S/C8H13N5O3/c1-4(2)5(3-6(14)15)9-8(16)7-10-12-13-11-7/h4-5H,3H2,1-2H3,(H,9,16)(H,14,15)(H,10,11,12,13). The van der Waals surface area contributed by atoms with E-state index in [0.717, 1.165) is 0 Å². The molecule has 1 amide bonds. The molecule has 0 aliphatic rings. The summed E-state index contributed by atoms with van der Waals surface area (Å²) in [5.74, 6) is -1.59. The summed E-state index contributed by atoms with van der Waals surface area (Å²) in [5.41, 5.74) is 0. The maximum Gasteiger partial charge on any atom is 0.305 e. The summed E-state index contributed by atoms with van der Waals surface area (Å²) in [6, 6.07) is -0.455. The largest absolute Gasteiger partial charge is 0.481 e. The molecule has 0 bridgehead atoms. The van der Waals surface area contributed by atoms with E-state index in [1.807, 2.05) is 13.8 Å². The maximum absolute atomic E-state index is 11.5. The predicted octanol–water partition coefficient (Wildman–Crippen LogP) is -0.571. The van der Waals surface area contributed by atoms with Gasteiger partial charge in [0.2, 0.25) is 0 Å². The number of hydrogen-bond donors (Lipinski definition) is 3. The van der Waals surface area contributed by atoms with Gasteiger partial charge in [-0.1, -0.05) is 13.8 Å². The van der Waals surface area contributed by atoms with Crippen LogP contribution in [0.3, 0.4) is 0 Å². The van der Waals surface area contributed by atoms with E-state index in [2.05, 4.69) is 25.9 Å². The van der Waals surface area contributed by atoms with Gasteiger partial charge in [0.05, 0.1) is 6.42 Å². The van der Waals surface area contributed by atoms with E-state index >= 15 is 0 Å². The van der Waals surface area contributed by atoms with Crippen molar-refractivity contribution in [3.05, 3.63) is 5.82 Å². The van der Waals surface area contributed by atoms with Crippen LogP contribution in [0, 0.1) is 5.92 Å². The first-order valence-corrected chi connectivity index (χ1v) is 4.76. The van der Waals surface area contributed by atoms with E-state index in [0.29, 0.717) is 0 Å². The van der Waals surface area contributed by atoms with Crippen molar-refractivity contribution in [3.8, 4) is 0 Å². The summed E-state index contributed by atoms with van der Waals surface area (Å²) in [7, 11) is 0. The zero-order chi connectivity index (χ0) is 12.1. The second kappa shape index (κ2) is 5.19. The normalized spacial score (nSPS) is 12.4. The molecular formula is C8H13N5O3. The van der Waals surface area contributed by atoms with Crippen molar-refractivity contribution in [2.45, 2.75) is 26.3 Å². The Morgan fingerprint density at radius 3 is 2.62 bits per heavy atom. The Labute approximate surface area is 91.4 Å². The molecule has 0 saturated heterocycles. The SMILES string of the molecule is CC(C)C(CC(=O)O)NC(=O)c1nn[nH]n1. The van der Waals surface area contributed by atoms with E-state index in [1.165, 1.54) is 0 Å². The fraction of sp³-hybridized carbons (Fsp3) is 0.625. The quantitative estimate of drug-likeness (QED) is 0.619. The molecule has 1 aromatic heterocycles. The van der Waals surface area contributed by atoms with E-state index in [1.54, 1.807) is 0 Å². The van der Waals surface area contributed by atoms with Crippen LogP contribution < -0.4 is 5.32 Å². The van der Waals surface area contributed by atoms with Gasteiger partial charge in [0.15, 0.2) is 0 Å².